The van der Waals surface area contributed by atoms with E-state index in [2.05, 4.69) is 5.32 Å². The van der Waals surface area contributed by atoms with Gasteiger partial charge in [-0.1, -0.05) is 30.3 Å². The molecule has 1 atom stereocenters. The van der Waals surface area contributed by atoms with Crippen LogP contribution in [0.2, 0.25) is 0 Å². The Balaban J connectivity index is 2.48. The molecule has 164 valence electrons. The van der Waals surface area contributed by atoms with Gasteiger partial charge < -0.3 is 28.6 Å². The Bertz CT molecular complexity index is 853. The molecule has 0 spiro atoms. The van der Waals surface area contributed by atoms with Gasteiger partial charge >= 0.3 is 7.60 Å². The van der Waals surface area contributed by atoms with E-state index in [0.29, 0.717) is 22.8 Å². The lowest BCUT2D eigenvalue weighted by Gasteiger charge is -2.27. The molecule has 30 heavy (non-hydrogen) atoms. The van der Waals surface area contributed by atoms with Crippen molar-refractivity contribution in [3.8, 4) is 17.2 Å². The number of nitrogens with one attached hydrogen (secondary N) is 1. The number of rotatable bonds is 11. The van der Waals surface area contributed by atoms with Crippen LogP contribution in [0.5, 0.6) is 17.2 Å². The fourth-order valence-corrected chi connectivity index (χ4v) is 4.85. The fraction of sp³-hybridized carbons (Fsp3) is 0.381. The standard InChI is InChI=1S/C21H28NO7P/c1-6-28-30(24,29-7-2)21(15-11-9-8-10-12-15)22-20(23)16-13-17(25-3)19(27-5)18(14-16)26-4/h8-14,21H,6-7H2,1-5H3,(H,22,23). The van der Waals surface area contributed by atoms with Crippen molar-refractivity contribution in [2.45, 2.75) is 19.6 Å². The van der Waals surface area contributed by atoms with Crippen LogP contribution in [0.4, 0.5) is 0 Å². The SMILES string of the molecule is CCOP(=O)(OCC)C(NC(=O)c1cc(OC)c(OC)c(OC)c1)c1ccccc1. The van der Waals surface area contributed by atoms with Crippen LogP contribution in [0, 0.1) is 0 Å². The third-order valence-corrected chi connectivity index (χ3v) is 6.54. The van der Waals surface area contributed by atoms with E-state index in [9.17, 15) is 9.36 Å². The van der Waals surface area contributed by atoms with Gasteiger partial charge in [-0.2, -0.15) is 0 Å². The average molecular weight is 437 g/mol. The second-order valence-corrected chi connectivity index (χ2v) is 8.19. The highest BCUT2D eigenvalue weighted by atomic mass is 31.2. The Labute approximate surface area is 177 Å². The molecule has 9 heteroatoms. The number of amides is 1. The van der Waals surface area contributed by atoms with E-state index >= 15 is 0 Å². The molecule has 0 heterocycles. The van der Waals surface area contributed by atoms with Crippen molar-refractivity contribution >= 4 is 13.5 Å². The van der Waals surface area contributed by atoms with Gasteiger partial charge in [0.2, 0.25) is 5.75 Å². The minimum atomic E-state index is -3.70. The van der Waals surface area contributed by atoms with E-state index in [1.54, 1.807) is 38.1 Å². The zero-order valence-electron chi connectivity index (χ0n) is 17.8. The van der Waals surface area contributed by atoms with Gasteiger partial charge in [0, 0.05) is 5.56 Å². The molecule has 0 aliphatic carbocycles. The van der Waals surface area contributed by atoms with E-state index in [4.69, 9.17) is 23.3 Å². The Morgan fingerprint density at radius 1 is 0.933 bits per heavy atom. The van der Waals surface area contributed by atoms with Crippen molar-refractivity contribution in [2.24, 2.45) is 0 Å². The van der Waals surface area contributed by atoms with Crippen LogP contribution in [-0.2, 0) is 13.6 Å². The van der Waals surface area contributed by atoms with Crippen molar-refractivity contribution < 1.29 is 32.6 Å². The predicted molar refractivity (Wildman–Crippen MR) is 114 cm³/mol. The van der Waals surface area contributed by atoms with Gasteiger partial charge in [0.15, 0.2) is 17.3 Å². The number of hydrogen-bond acceptors (Lipinski definition) is 7. The molecule has 0 fully saturated rings. The normalized spacial score (nSPS) is 12.2. The van der Waals surface area contributed by atoms with Crippen LogP contribution in [-0.4, -0.2) is 40.5 Å². The molecule has 0 aromatic heterocycles. The van der Waals surface area contributed by atoms with Gasteiger partial charge in [0.1, 0.15) is 0 Å². The minimum Gasteiger partial charge on any atom is -0.493 e. The molecule has 0 saturated heterocycles. The molecule has 8 nitrogen and oxygen atoms in total. The third kappa shape index (κ3) is 5.33. The van der Waals surface area contributed by atoms with E-state index in [-0.39, 0.29) is 18.8 Å². The van der Waals surface area contributed by atoms with Crippen LogP contribution >= 0.6 is 7.60 Å². The smallest absolute Gasteiger partial charge is 0.357 e. The first-order chi connectivity index (χ1) is 14.4. The highest BCUT2D eigenvalue weighted by Crippen LogP contribution is 2.59. The third-order valence-electron chi connectivity index (χ3n) is 4.24. The zero-order valence-corrected chi connectivity index (χ0v) is 18.7. The first kappa shape index (κ1) is 23.7. The van der Waals surface area contributed by atoms with Crippen molar-refractivity contribution in [1.82, 2.24) is 5.32 Å². The van der Waals surface area contributed by atoms with Gasteiger partial charge in [-0.15, -0.1) is 0 Å². The summed E-state index contributed by atoms with van der Waals surface area (Å²) in [5, 5.41) is 2.80. The highest BCUT2D eigenvalue weighted by Gasteiger charge is 2.38. The van der Waals surface area contributed by atoms with Gasteiger partial charge in [-0.05, 0) is 31.5 Å². The summed E-state index contributed by atoms with van der Waals surface area (Å²) in [7, 11) is 0.705. The molecule has 0 aliphatic heterocycles. The number of benzene rings is 2. The largest absolute Gasteiger partial charge is 0.493 e. The Morgan fingerprint density at radius 2 is 1.47 bits per heavy atom. The van der Waals surface area contributed by atoms with Crippen LogP contribution < -0.4 is 19.5 Å². The molecule has 1 N–H and O–H groups in total. The summed E-state index contributed by atoms with van der Waals surface area (Å²) in [6.45, 7) is 3.77. The molecule has 2 aromatic rings. The van der Waals surface area contributed by atoms with Gasteiger partial charge in [0.05, 0.1) is 34.5 Å². The summed E-state index contributed by atoms with van der Waals surface area (Å²) >= 11 is 0. The molecular weight excluding hydrogens is 409 g/mol. The molecule has 0 radical (unpaired) electrons. The molecule has 1 amide bonds. The van der Waals surface area contributed by atoms with Gasteiger partial charge in [-0.3, -0.25) is 9.36 Å². The van der Waals surface area contributed by atoms with Crippen molar-refractivity contribution in [3.63, 3.8) is 0 Å². The molecule has 0 aliphatic rings. The maximum absolute atomic E-state index is 13.5. The first-order valence-electron chi connectivity index (χ1n) is 9.48. The quantitative estimate of drug-likeness (QED) is 0.521. The molecular formula is C21H28NO7P. The Morgan fingerprint density at radius 3 is 1.90 bits per heavy atom. The second-order valence-electron chi connectivity index (χ2n) is 6.08. The van der Waals surface area contributed by atoms with Crippen molar-refractivity contribution in [2.75, 3.05) is 34.5 Å². The number of ether oxygens (including phenoxy) is 3. The van der Waals surface area contributed by atoms with E-state index in [1.807, 2.05) is 6.07 Å². The Hall–Kier alpha value is -2.54. The van der Waals surface area contributed by atoms with Crippen molar-refractivity contribution in [1.29, 1.82) is 0 Å². The minimum absolute atomic E-state index is 0.167. The molecule has 0 saturated carbocycles. The fourth-order valence-electron chi connectivity index (χ4n) is 2.95. The van der Waals surface area contributed by atoms with E-state index < -0.39 is 19.3 Å². The number of methoxy groups -OCH3 is 3. The maximum atomic E-state index is 13.5. The summed E-state index contributed by atoms with van der Waals surface area (Å²) in [4.78, 5) is 13.1. The molecule has 2 rings (SSSR count). The highest BCUT2D eigenvalue weighted by molar-refractivity contribution is 7.54. The second kappa shape index (κ2) is 11.0. The molecule has 0 bridgehead atoms. The monoisotopic (exact) mass is 437 g/mol. The van der Waals surface area contributed by atoms with Gasteiger partial charge in [-0.25, -0.2) is 0 Å². The summed E-state index contributed by atoms with van der Waals surface area (Å²) < 4.78 is 40.4. The summed E-state index contributed by atoms with van der Waals surface area (Å²) in [5.74, 6) is -0.467. The predicted octanol–water partition coefficient (Wildman–Crippen LogP) is 4.41. The van der Waals surface area contributed by atoms with E-state index in [1.165, 1.54) is 33.5 Å². The van der Waals surface area contributed by atoms with Crippen LogP contribution in [0.1, 0.15) is 35.6 Å². The lowest BCUT2D eigenvalue weighted by atomic mass is 10.1. The van der Waals surface area contributed by atoms with Crippen LogP contribution in [0.3, 0.4) is 0 Å². The first-order valence-corrected chi connectivity index (χ1v) is 11.1. The lowest BCUT2D eigenvalue weighted by molar-refractivity contribution is 0.0936. The van der Waals surface area contributed by atoms with Crippen molar-refractivity contribution in [3.05, 3.63) is 53.6 Å². The average Bonchev–Trinajstić information content (AvgIpc) is 2.76. The van der Waals surface area contributed by atoms with E-state index in [0.717, 1.165) is 0 Å². The topological polar surface area (TPSA) is 92.3 Å². The number of carbonyl (C=O) groups is 1. The van der Waals surface area contributed by atoms with Gasteiger partial charge in [0.25, 0.3) is 5.91 Å². The molecule has 2 aromatic carbocycles. The number of hydrogen-bond donors (Lipinski definition) is 1. The lowest BCUT2D eigenvalue weighted by Crippen LogP contribution is -2.30. The maximum Gasteiger partial charge on any atom is 0.357 e. The zero-order chi connectivity index (χ0) is 22.1. The summed E-state index contributed by atoms with van der Waals surface area (Å²) in [6.07, 6.45) is 0. The van der Waals surface area contributed by atoms with Crippen LogP contribution in [0.15, 0.2) is 42.5 Å². The van der Waals surface area contributed by atoms with Crippen LogP contribution in [0.25, 0.3) is 0 Å². The summed E-state index contributed by atoms with van der Waals surface area (Å²) in [5.41, 5.74) is 0.841. The molecule has 1 unspecified atom stereocenters. The summed E-state index contributed by atoms with van der Waals surface area (Å²) in [6, 6.07) is 12.0. The Kier molecular flexibility index (Phi) is 8.72. The number of carbonyl (C=O) groups excluding carboxylic acids is 1.